The van der Waals surface area contributed by atoms with Gasteiger partial charge in [0.25, 0.3) is 0 Å². The van der Waals surface area contributed by atoms with Crippen molar-refractivity contribution < 1.29 is 26.8 Å². The molecule has 1 aliphatic heterocycles. The molecule has 0 unspecified atom stereocenters. The smallest absolute Gasteiger partial charge is 0.243 e. The monoisotopic (exact) mass is 375 g/mol. The lowest BCUT2D eigenvalue weighted by atomic mass is 10.2. The van der Waals surface area contributed by atoms with E-state index in [2.05, 4.69) is 0 Å². The highest BCUT2D eigenvalue weighted by molar-refractivity contribution is 7.92. The molecule has 0 bridgehead atoms. The summed E-state index contributed by atoms with van der Waals surface area (Å²) in [7, 11) is -4.08. The van der Waals surface area contributed by atoms with Crippen LogP contribution in [0.5, 0.6) is 0 Å². The van der Waals surface area contributed by atoms with Crippen LogP contribution in [0, 0.1) is 11.6 Å². The zero-order valence-corrected chi connectivity index (χ0v) is 14.7. The number of para-hydroxylation sites is 1. The summed E-state index contributed by atoms with van der Waals surface area (Å²) < 4.78 is 52.3. The number of hydrogen-bond acceptors (Lipinski definition) is 4. The average molecular weight is 375 g/mol. The zero-order valence-electron chi connectivity index (χ0n) is 13.9. The number of benzene rings is 1. The van der Waals surface area contributed by atoms with Gasteiger partial charge in [0, 0.05) is 33.1 Å². The number of sulfonamides is 1. The molecule has 1 aliphatic rings. The Morgan fingerprint density at radius 2 is 1.56 bits per heavy atom. The third kappa shape index (κ3) is 4.44. The standard InChI is InChI=1S/C15H19F2N3O4S/c1-11(21)18-6-8-19(9-7-18)14(22)10-20(25(2,23)24)15-12(16)4-3-5-13(15)17/h3-5H,6-10H2,1-2H3. The van der Waals surface area contributed by atoms with E-state index in [9.17, 15) is 26.8 Å². The van der Waals surface area contributed by atoms with E-state index >= 15 is 0 Å². The first-order valence-electron chi connectivity index (χ1n) is 7.56. The normalized spacial score (nSPS) is 15.2. The average Bonchev–Trinajstić information content (AvgIpc) is 2.52. The van der Waals surface area contributed by atoms with Crippen molar-refractivity contribution in [1.29, 1.82) is 0 Å². The van der Waals surface area contributed by atoms with Gasteiger partial charge in [-0.15, -0.1) is 0 Å². The number of hydrogen-bond donors (Lipinski definition) is 0. The number of nitrogens with zero attached hydrogens (tertiary/aromatic N) is 3. The van der Waals surface area contributed by atoms with Crippen molar-refractivity contribution >= 4 is 27.5 Å². The van der Waals surface area contributed by atoms with Gasteiger partial charge < -0.3 is 9.80 Å². The minimum Gasteiger partial charge on any atom is -0.339 e. The maximum Gasteiger partial charge on any atom is 0.243 e. The molecule has 1 fully saturated rings. The third-order valence-corrected chi connectivity index (χ3v) is 5.06. The molecule has 0 N–H and O–H groups in total. The first-order chi connectivity index (χ1) is 11.6. The molecule has 0 aromatic heterocycles. The van der Waals surface area contributed by atoms with Crippen LogP contribution in [0.25, 0.3) is 0 Å². The van der Waals surface area contributed by atoms with Gasteiger partial charge in [-0.25, -0.2) is 17.2 Å². The first-order valence-corrected chi connectivity index (χ1v) is 9.41. The van der Waals surface area contributed by atoms with Crippen molar-refractivity contribution in [3.63, 3.8) is 0 Å². The van der Waals surface area contributed by atoms with E-state index in [1.165, 1.54) is 11.8 Å². The molecule has 0 saturated carbocycles. The lowest BCUT2D eigenvalue weighted by Crippen LogP contribution is -2.52. The molecule has 1 heterocycles. The van der Waals surface area contributed by atoms with Gasteiger partial charge in [-0.3, -0.25) is 13.9 Å². The fraction of sp³-hybridized carbons (Fsp3) is 0.467. The number of amides is 2. The van der Waals surface area contributed by atoms with E-state index in [4.69, 9.17) is 0 Å². The zero-order chi connectivity index (χ0) is 18.8. The van der Waals surface area contributed by atoms with Crippen molar-refractivity contribution in [2.45, 2.75) is 6.92 Å². The molecule has 1 aromatic rings. The molecule has 138 valence electrons. The minimum absolute atomic E-state index is 0.113. The van der Waals surface area contributed by atoms with Gasteiger partial charge in [0.05, 0.1) is 6.26 Å². The quantitative estimate of drug-likeness (QED) is 0.764. The molecule has 0 spiro atoms. The van der Waals surface area contributed by atoms with E-state index in [1.807, 2.05) is 0 Å². The molecule has 2 amide bonds. The van der Waals surface area contributed by atoms with Crippen LogP contribution < -0.4 is 4.31 Å². The second-order valence-electron chi connectivity index (χ2n) is 5.73. The van der Waals surface area contributed by atoms with Crippen LogP contribution in [0.15, 0.2) is 18.2 Å². The van der Waals surface area contributed by atoms with Gasteiger partial charge in [-0.2, -0.15) is 0 Å². The van der Waals surface area contributed by atoms with Crippen LogP contribution in [0.1, 0.15) is 6.92 Å². The summed E-state index contributed by atoms with van der Waals surface area (Å²) in [6, 6.07) is 2.96. The Morgan fingerprint density at radius 1 is 1.08 bits per heavy atom. The Balaban J connectivity index is 2.19. The number of carbonyl (C=O) groups excluding carboxylic acids is 2. The van der Waals surface area contributed by atoms with Crippen molar-refractivity contribution in [3.05, 3.63) is 29.8 Å². The molecular formula is C15H19F2N3O4S. The maximum absolute atomic E-state index is 13.9. The molecule has 10 heteroatoms. The van der Waals surface area contributed by atoms with Crippen LogP contribution in [0.2, 0.25) is 0 Å². The summed E-state index contributed by atoms with van der Waals surface area (Å²) in [6.45, 7) is 1.83. The second-order valence-corrected chi connectivity index (χ2v) is 7.63. The predicted octanol–water partition coefficient (Wildman–Crippen LogP) is 0.421. The second kappa shape index (κ2) is 7.34. The largest absolute Gasteiger partial charge is 0.339 e. The van der Waals surface area contributed by atoms with Gasteiger partial charge in [-0.05, 0) is 12.1 Å². The molecule has 1 saturated heterocycles. The summed E-state index contributed by atoms with van der Waals surface area (Å²) in [5.41, 5.74) is -0.777. The molecule has 0 atom stereocenters. The molecule has 0 aliphatic carbocycles. The number of anilines is 1. The van der Waals surface area contributed by atoms with Gasteiger partial charge in [0.1, 0.15) is 12.2 Å². The maximum atomic E-state index is 13.9. The highest BCUT2D eigenvalue weighted by atomic mass is 32.2. The van der Waals surface area contributed by atoms with Crippen molar-refractivity contribution in [1.82, 2.24) is 9.80 Å². The van der Waals surface area contributed by atoms with Crippen LogP contribution in [0.4, 0.5) is 14.5 Å². The van der Waals surface area contributed by atoms with Gasteiger partial charge in [0.2, 0.25) is 21.8 Å². The van der Waals surface area contributed by atoms with Crippen molar-refractivity contribution in [2.75, 3.05) is 43.3 Å². The highest BCUT2D eigenvalue weighted by Crippen LogP contribution is 2.25. The lowest BCUT2D eigenvalue weighted by molar-refractivity contribution is -0.137. The predicted molar refractivity (Wildman–Crippen MR) is 87.4 cm³/mol. The lowest BCUT2D eigenvalue weighted by Gasteiger charge is -2.35. The van der Waals surface area contributed by atoms with Gasteiger partial charge in [0.15, 0.2) is 11.6 Å². The summed E-state index contributed by atoms with van der Waals surface area (Å²) in [6.07, 6.45) is 0.778. The first kappa shape index (κ1) is 19.1. The van der Waals surface area contributed by atoms with Gasteiger partial charge in [-0.1, -0.05) is 6.07 Å². The number of piperazine rings is 1. The van der Waals surface area contributed by atoms with Crippen LogP contribution >= 0.6 is 0 Å². The van der Waals surface area contributed by atoms with E-state index in [0.717, 1.165) is 24.5 Å². The van der Waals surface area contributed by atoms with Gasteiger partial charge >= 0.3 is 0 Å². The molecular weight excluding hydrogens is 356 g/mol. The Bertz CT molecular complexity index is 757. The Morgan fingerprint density at radius 3 is 2.00 bits per heavy atom. The van der Waals surface area contributed by atoms with Crippen molar-refractivity contribution in [3.8, 4) is 0 Å². The summed E-state index contributed by atoms with van der Waals surface area (Å²) >= 11 is 0. The molecule has 2 rings (SSSR count). The number of halogens is 2. The fourth-order valence-electron chi connectivity index (χ4n) is 2.58. The van der Waals surface area contributed by atoms with Crippen LogP contribution in [0.3, 0.4) is 0 Å². The molecule has 0 radical (unpaired) electrons. The van der Waals surface area contributed by atoms with E-state index in [1.54, 1.807) is 4.90 Å². The summed E-state index contributed by atoms with van der Waals surface area (Å²) in [4.78, 5) is 26.6. The Hall–Kier alpha value is -2.23. The van der Waals surface area contributed by atoms with E-state index < -0.39 is 39.8 Å². The van der Waals surface area contributed by atoms with Crippen molar-refractivity contribution in [2.24, 2.45) is 0 Å². The molecule has 7 nitrogen and oxygen atoms in total. The molecule has 1 aromatic carbocycles. The fourth-order valence-corrected chi connectivity index (χ4v) is 3.43. The third-order valence-electron chi connectivity index (χ3n) is 3.94. The minimum atomic E-state index is -4.08. The summed E-state index contributed by atoms with van der Waals surface area (Å²) in [5.74, 6) is -2.84. The highest BCUT2D eigenvalue weighted by Gasteiger charge is 2.30. The van der Waals surface area contributed by atoms with E-state index in [0.29, 0.717) is 17.4 Å². The summed E-state index contributed by atoms with van der Waals surface area (Å²) in [5, 5.41) is 0. The topological polar surface area (TPSA) is 78.0 Å². The van der Waals surface area contributed by atoms with E-state index in [-0.39, 0.29) is 19.0 Å². The number of carbonyl (C=O) groups is 2. The SMILES string of the molecule is CC(=O)N1CCN(C(=O)CN(c2c(F)cccc2F)S(C)(=O)=O)CC1. The molecule has 25 heavy (non-hydrogen) atoms. The van der Waals surface area contributed by atoms with Crippen LogP contribution in [-0.2, 0) is 19.6 Å². The number of rotatable bonds is 4. The van der Waals surface area contributed by atoms with Crippen LogP contribution in [-0.4, -0.2) is 69.0 Å². The Kier molecular flexibility index (Phi) is 5.61. The Labute approximate surface area is 144 Å².